The van der Waals surface area contributed by atoms with Gasteiger partial charge >= 0.3 is 0 Å². The van der Waals surface area contributed by atoms with Crippen molar-refractivity contribution in [3.8, 4) is 17.5 Å². The van der Waals surface area contributed by atoms with E-state index in [0.29, 0.717) is 11.5 Å². The van der Waals surface area contributed by atoms with Crippen molar-refractivity contribution in [3.05, 3.63) is 41.2 Å². The molecule has 0 bridgehead atoms. The molecule has 3 aromatic rings. The maximum Gasteiger partial charge on any atom is 0.231 e. The molecule has 0 atom stereocenters. The number of benzene rings is 1. The average molecular weight is 307 g/mol. The standard InChI is InChI=1S/C18H21N5/c1-5-7-12-8-6-9-13(10-12)16-21-17-20-14(11-19)15(18(2,3)4)23(17)22-16/h6,8-10H,5,7H2,1-4H3,(H,20,21,22). The van der Waals surface area contributed by atoms with Gasteiger partial charge in [0, 0.05) is 11.0 Å². The number of aromatic amines is 1. The van der Waals surface area contributed by atoms with Crippen LogP contribution in [0.2, 0.25) is 0 Å². The van der Waals surface area contributed by atoms with Gasteiger partial charge in [-0.1, -0.05) is 52.3 Å². The van der Waals surface area contributed by atoms with Crippen LogP contribution < -0.4 is 0 Å². The maximum atomic E-state index is 9.32. The highest BCUT2D eigenvalue weighted by Crippen LogP contribution is 2.27. The second-order valence-electron chi connectivity index (χ2n) is 6.83. The highest BCUT2D eigenvalue weighted by Gasteiger charge is 2.26. The zero-order valence-electron chi connectivity index (χ0n) is 14.0. The van der Waals surface area contributed by atoms with Crippen molar-refractivity contribution in [2.75, 3.05) is 0 Å². The lowest BCUT2D eigenvalue weighted by molar-refractivity contribution is 0.551. The van der Waals surface area contributed by atoms with Crippen LogP contribution in [-0.4, -0.2) is 19.6 Å². The minimum Gasteiger partial charge on any atom is -0.307 e. The Morgan fingerprint density at radius 1 is 1.30 bits per heavy atom. The average Bonchev–Trinajstić information content (AvgIpc) is 3.03. The smallest absolute Gasteiger partial charge is 0.231 e. The van der Waals surface area contributed by atoms with Crippen LogP contribution in [0, 0.1) is 11.3 Å². The highest BCUT2D eigenvalue weighted by molar-refractivity contribution is 5.59. The number of nitrogens with zero attached hydrogens (tertiary/aromatic N) is 4. The molecular weight excluding hydrogens is 286 g/mol. The van der Waals surface area contributed by atoms with Gasteiger partial charge in [-0.05, 0) is 18.1 Å². The molecule has 2 aromatic heterocycles. The molecule has 0 aliphatic carbocycles. The Balaban J connectivity index is 2.13. The van der Waals surface area contributed by atoms with Crippen molar-refractivity contribution in [1.29, 1.82) is 5.26 Å². The summed E-state index contributed by atoms with van der Waals surface area (Å²) in [5.41, 5.74) is 3.40. The number of aromatic nitrogens is 4. The summed E-state index contributed by atoms with van der Waals surface area (Å²) in [5, 5.41) is 14.0. The molecule has 5 heteroatoms. The first-order valence-corrected chi connectivity index (χ1v) is 7.92. The topological polar surface area (TPSA) is 69.8 Å². The summed E-state index contributed by atoms with van der Waals surface area (Å²) in [5.74, 6) is 1.39. The Labute approximate surface area is 136 Å². The highest BCUT2D eigenvalue weighted by atomic mass is 15.4. The summed E-state index contributed by atoms with van der Waals surface area (Å²) >= 11 is 0. The molecule has 5 nitrogen and oxygen atoms in total. The van der Waals surface area contributed by atoms with Crippen molar-refractivity contribution in [3.63, 3.8) is 0 Å². The molecule has 0 unspecified atom stereocenters. The number of aryl methyl sites for hydroxylation is 1. The van der Waals surface area contributed by atoms with Crippen LogP contribution in [-0.2, 0) is 11.8 Å². The third kappa shape index (κ3) is 2.72. The molecule has 0 fully saturated rings. The van der Waals surface area contributed by atoms with Gasteiger partial charge in [0.1, 0.15) is 6.07 Å². The fourth-order valence-electron chi connectivity index (χ4n) is 2.87. The lowest BCUT2D eigenvalue weighted by Gasteiger charge is -2.16. The molecule has 3 rings (SSSR count). The summed E-state index contributed by atoms with van der Waals surface area (Å²) in [6.45, 7) is 8.36. The Morgan fingerprint density at radius 3 is 2.74 bits per heavy atom. The van der Waals surface area contributed by atoms with E-state index in [4.69, 9.17) is 0 Å². The maximum absolute atomic E-state index is 9.32. The summed E-state index contributed by atoms with van der Waals surface area (Å²) in [4.78, 5) is 7.62. The van der Waals surface area contributed by atoms with Crippen LogP contribution in [0.5, 0.6) is 0 Å². The first-order valence-electron chi connectivity index (χ1n) is 7.92. The van der Waals surface area contributed by atoms with Crippen molar-refractivity contribution < 1.29 is 0 Å². The van der Waals surface area contributed by atoms with Crippen LogP contribution in [0.25, 0.3) is 17.2 Å². The molecular formula is C18H21N5. The summed E-state index contributed by atoms with van der Waals surface area (Å²) in [6.07, 6.45) is 2.17. The van der Waals surface area contributed by atoms with Gasteiger partial charge in [0.15, 0.2) is 11.5 Å². The molecule has 0 radical (unpaired) electrons. The van der Waals surface area contributed by atoms with Gasteiger partial charge < -0.3 is 4.98 Å². The lowest BCUT2D eigenvalue weighted by Crippen LogP contribution is -2.16. The van der Waals surface area contributed by atoms with Crippen LogP contribution in [0.3, 0.4) is 0 Å². The Kier molecular flexibility index (Phi) is 3.69. The third-order valence-corrected chi connectivity index (χ3v) is 3.84. The summed E-state index contributed by atoms with van der Waals surface area (Å²) in [6, 6.07) is 10.6. The van der Waals surface area contributed by atoms with Gasteiger partial charge in [-0.3, -0.25) is 0 Å². The molecule has 0 amide bonds. The van der Waals surface area contributed by atoms with Gasteiger partial charge in [-0.25, -0.2) is 0 Å². The molecule has 1 N–H and O–H groups in total. The van der Waals surface area contributed by atoms with Crippen LogP contribution in [0.4, 0.5) is 0 Å². The van der Waals surface area contributed by atoms with Gasteiger partial charge in [-0.15, -0.1) is 5.10 Å². The van der Waals surface area contributed by atoms with Crippen LogP contribution in [0.1, 0.15) is 51.1 Å². The van der Waals surface area contributed by atoms with E-state index in [9.17, 15) is 5.26 Å². The number of imidazole rings is 1. The van der Waals surface area contributed by atoms with Crippen molar-refractivity contribution >= 4 is 5.78 Å². The van der Waals surface area contributed by atoms with Crippen LogP contribution in [0.15, 0.2) is 24.3 Å². The monoisotopic (exact) mass is 307 g/mol. The normalized spacial score (nSPS) is 11.8. The predicted octanol–water partition coefficient (Wildman–Crippen LogP) is 3.85. The molecule has 0 saturated carbocycles. The van der Waals surface area contributed by atoms with E-state index in [1.165, 1.54) is 5.56 Å². The van der Waals surface area contributed by atoms with Crippen molar-refractivity contribution in [1.82, 2.24) is 19.6 Å². The SMILES string of the molecule is CCCc1cccc(-c2nn3c(C(C)(C)C)c(C#N)nc3[nH]2)c1. The molecule has 2 heterocycles. The van der Waals surface area contributed by atoms with Gasteiger partial charge in [0.25, 0.3) is 0 Å². The Morgan fingerprint density at radius 2 is 2.09 bits per heavy atom. The predicted molar refractivity (Wildman–Crippen MR) is 90.2 cm³/mol. The zero-order valence-corrected chi connectivity index (χ0v) is 14.0. The number of nitriles is 1. The minimum absolute atomic E-state index is 0.207. The largest absolute Gasteiger partial charge is 0.307 e. The van der Waals surface area contributed by atoms with E-state index in [-0.39, 0.29) is 5.41 Å². The number of H-pyrrole nitrogens is 1. The molecule has 0 aliphatic heterocycles. The molecule has 0 aliphatic rings. The first-order chi connectivity index (χ1) is 10.9. The van der Waals surface area contributed by atoms with Crippen molar-refractivity contribution in [2.45, 2.75) is 46.0 Å². The number of hydrogen-bond donors (Lipinski definition) is 1. The third-order valence-electron chi connectivity index (χ3n) is 3.84. The minimum atomic E-state index is -0.207. The van der Waals surface area contributed by atoms with E-state index in [1.54, 1.807) is 4.52 Å². The first kappa shape index (κ1) is 15.3. The zero-order chi connectivity index (χ0) is 16.6. The van der Waals surface area contributed by atoms with Gasteiger partial charge in [0.2, 0.25) is 5.78 Å². The number of fused-ring (bicyclic) bond motifs is 1. The second-order valence-corrected chi connectivity index (χ2v) is 6.83. The quantitative estimate of drug-likeness (QED) is 0.799. The number of hydrogen-bond acceptors (Lipinski definition) is 3. The van der Waals surface area contributed by atoms with Crippen LogP contribution >= 0.6 is 0 Å². The van der Waals surface area contributed by atoms with E-state index < -0.39 is 0 Å². The molecule has 1 aromatic carbocycles. The Hall–Kier alpha value is -2.61. The molecule has 23 heavy (non-hydrogen) atoms. The van der Waals surface area contributed by atoms with Gasteiger partial charge in [-0.2, -0.15) is 14.8 Å². The fraction of sp³-hybridized carbons (Fsp3) is 0.389. The van der Waals surface area contributed by atoms with E-state index >= 15 is 0 Å². The number of rotatable bonds is 3. The fourth-order valence-corrected chi connectivity index (χ4v) is 2.87. The summed E-state index contributed by atoms with van der Waals surface area (Å²) in [7, 11) is 0. The summed E-state index contributed by atoms with van der Waals surface area (Å²) < 4.78 is 1.76. The molecule has 118 valence electrons. The lowest BCUT2D eigenvalue weighted by atomic mass is 9.91. The number of nitrogens with one attached hydrogen (secondary N) is 1. The Bertz CT molecular complexity index is 886. The van der Waals surface area contributed by atoms with E-state index in [2.05, 4.69) is 67.0 Å². The van der Waals surface area contributed by atoms with E-state index in [0.717, 1.165) is 29.9 Å². The van der Waals surface area contributed by atoms with Crippen molar-refractivity contribution in [2.24, 2.45) is 0 Å². The van der Waals surface area contributed by atoms with Gasteiger partial charge in [0.05, 0.1) is 5.69 Å². The molecule has 0 saturated heterocycles. The van der Waals surface area contributed by atoms with E-state index in [1.807, 2.05) is 6.07 Å². The molecule has 0 spiro atoms. The second kappa shape index (κ2) is 5.54.